The molecule has 3 heteroatoms. The van der Waals surface area contributed by atoms with Gasteiger partial charge in [-0.25, -0.2) is 0 Å². The van der Waals surface area contributed by atoms with Crippen molar-refractivity contribution in [1.29, 1.82) is 0 Å². The van der Waals surface area contributed by atoms with E-state index < -0.39 is 0 Å². The van der Waals surface area contributed by atoms with Gasteiger partial charge in [0.2, 0.25) is 0 Å². The first kappa shape index (κ1) is 33.2. The SMILES string of the molecule is C=CC1=C(/C=C\C)C2C=CC=CC2c2cc(CCCc3c(N)c4ccccc4n3-c3ccc4c(c3)C(C)(C)c3c-4ccc4sc5c(c34)C=CCC5)ccc21. The maximum Gasteiger partial charge on any atom is 0.0611 e. The predicted molar refractivity (Wildman–Crippen MR) is 233 cm³/mol. The standard InChI is InChI=1S/C51H46N2S/c1-5-14-34-33(6-2)37-25-23-31(29-42(37)36-17-8-7-16-35(34)36)15-13-21-45-50(52)40-18-9-11-20-44(40)53(45)32-24-26-38-39-27-28-47-48(41-19-10-12-22-46(41)54-47)49(39)51(3,4)43(38)30-32/h5-11,14,16-20,23-30,35-36H,2,12-13,15,21-22,52H2,1,3-4H3/b14-5-. The lowest BCUT2D eigenvalue weighted by Crippen LogP contribution is -2.20. The van der Waals surface area contributed by atoms with Crippen LogP contribution in [0.3, 0.4) is 0 Å². The molecule has 4 aromatic carbocycles. The van der Waals surface area contributed by atoms with Gasteiger partial charge in [0.1, 0.15) is 0 Å². The van der Waals surface area contributed by atoms with Gasteiger partial charge in [0.25, 0.3) is 0 Å². The molecule has 2 unspecified atom stereocenters. The molecule has 10 rings (SSSR count). The van der Waals surface area contributed by atoms with Gasteiger partial charge in [0, 0.05) is 49.0 Å². The number of allylic oxidation sites excluding steroid dienone is 10. The zero-order chi connectivity index (χ0) is 36.7. The van der Waals surface area contributed by atoms with E-state index in [-0.39, 0.29) is 5.41 Å². The molecule has 0 bridgehead atoms. The van der Waals surface area contributed by atoms with Crippen LogP contribution < -0.4 is 5.73 Å². The molecule has 0 fully saturated rings. The van der Waals surface area contributed by atoms with Crippen molar-refractivity contribution in [3.8, 4) is 16.8 Å². The van der Waals surface area contributed by atoms with Crippen molar-refractivity contribution in [2.24, 2.45) is 5.92 Å². The summed E-state index contributed by atoms with van der Waals surface area (Å²) in [5, 5.41) is 2.60. The van der Waals surface area contributed by atoms with Crippen LogP contribution in [0.5, 0.6) is 0 Å². The van der Waals surface area contributed by atoms with E-state index in [0.29, 0.717) is 11.8 Å². The molecule has 54 heavy (non-hydrogen) atoms. The summed E-state index contributed by atoms with van der Waals surface area (Å²) in [4.78, 5) is 1.53. The van der Waals surface area contributed by atoms with Crippen molar-refractivity contribution in [2.75, 3.05) is 5.73 Å². The summed E-state index contributed by atoms with van der Waals surface area (Å²) in [5.74, 6) is 0.673. The molecule has 2 atom stereocenters. The number of hydrogen-bond donors (Lipinski definition) is 1. The summed E-state index contributed by atoms with van der Waals surface area (Å²) >= 11 is 1.99. The Morgan fingerprint density at radius 2 is 1.74 bits per heavy atom. The van der Waals surface area contributed by atoms with Crippen LogP contribution in [0, 0.1) is 5.92 Å². The first-order valence-electron chi connectivity index (χ1n) is 19.6. The first-order chi connectivity index (χ1) is 26.4. The Hall–Kier alpha value is -5.38. The van der Waals surface area contributed by atoms with Gasteiger partial charge in [-0.15, -0.1) is 11.3 Å². The van der Waals surface area contributed by atoms with Crippen molar-refractivity contribution in [3.63, 3.8) is 0 Å². The second-order valence-electron chi connectivity index (χ2n) is 16.0. The zero-order valence-corrected chi connectivity index (χ0v) is 32.3. The molecule has 4 aliphatic rings. The zero-order valence-electron chi connectivity index (χ0n) is 31.5. The van der Waals surface area contributed by atoms with Gasteiger partial charge in [-0.05, 0) is 119 Å². The third-order valence-electron chi connectivity index (χ3n) is 12.7. The molecule has 6 aromatic rings. The molecular weight excluding hydrogens is 673 g/mol. The molecule has 2 aromatic heterocycles. The minimum absolute atomic E-state index is 0.127. The number of thiophene rings is 1. The predicted octanol–water partition coefficient (Wildman–Crippen LogP) is 13.2. The van der Waals surface area contributed by atoms with E-state index >= 15 is 0 Å². The van der Waals surface area contributed by atoms with Crippen molar-refractivity contribution < 1.29 is 0 Å². The van der Waals surface area contributed by atoms with Gasteiger partial charge in [0.05, 0.1) is 11.2 Å². The van der Waals surface area contributed by atoms with E-state index in [1.807, 2.05) is 17.4 Å². The third-order valence-corrected chi connectivity index (χ3v) is 13.9. The number of nitrogens with two attached hydrogens (primary N) is 1. The number of nitrogen functional groups attached to an aromatic ring is 1. The molecular formula is C51H46N2S. The number of rotatable bonds is 7. The molecule has 0 radical (unpaired) electrons. The highest BCUT2D eigenvalue weighted by atomic mass is 32.1. The number of hydrogen-bond acceptors (Lipinski definition) is 2. The number of para-hydroxylation sites is 1. The summed E-state index contributed by atoms with van der Waals surface area (Å²) in [6.45, 7) is 11.2. The first-order valence-corrected chi connectivity index (χ1v) is 20.5. The average molecular weight is 719 g/mol. The van der Waals surface area contributed by atoms with Crippen LogP contribution in [-0.4, -0.2) is 4.57 Å². The second-order valence-corrected chi connectivity index (χ2v) is 17.1. The van der Waals surface area contributed by atoms with Crippen LogP contribution in [0.2, 0.25) is 0 Å². The Morgan fingerprint density at radius 3 is 2.59 bits per heavy atom. The van der Waals surface area contributed by atoms with Gasteiger partial charge in [-0.2, -0.15) is 0 Å². The highest BCUT2D eigenvalue weighted by Gasteiger charge is 2.39. The lowest BCUT2D eigenvalue weighted by Gasteiger charge is -2.34. The Balaban J connectivity index is 1.00. The highest BCUT2D eigenvalue weighted by molar-refractivity contribution is 7.19. The largest absolute Gasteiger partial charge is 0.397 e. The van der Waals surface area contributed by atoms with E-state index in [0.717, 1.165) is 43.2 Å². The summed E-state index contributed by atoms with van der Waals surface area (Å²) < 4.78 is 3.87. The molecule has 0 spiro atoms. The van der Waals surface area contributed by atoms with Crippen LogP contribution >= 0.6 is 11.3 Å². The maximum atomic E-state index is 7.08. The minimum Gasteiger partial charge on any atom is -0.397 e. The van der Waals surface area contributed by atoms with Gasteiger partial charge in [-0.3, -0.25) is 0 Å². The van der Waals surface area contributed by atoms with Gasteiger partial charge >= 0.3 is 0 Å². The van der Waals surface area contributed by atoms with Gasteiger partial charge in [-0.1, -0.05) is 124 Å². The fourth-order valence-electron chi connectivity index (χ4n) is 10.2. The lowest BCUT2D eigenvalue weighted by molar-refractivity contribution is 0.662. The topological polar surface area (TPSA) is 30.9 Å². The Morgan fingerprint density at radius 1 is 0.926 bits per heavy atom. The number of anilines is 1. The van der Waals surface area contributed by atoms with Crippen LogP contribution in [0.1, 0.15) is 83.5 Å². The quantitative estimate of drug-likeness (QED) is 0.175. The van der Waals surface area contributed by atoms with E-state index in [9.17, 15) is 0 Å². The second kappa shape index (κ2) is 12.6. The monoisotopic (exact) mass is 718 g/mol. The molecule has 0 amide bonds. The summed E-state index contributed by atoms with van der Waals surface area (Å²) in [6, 6.07) is 27.7. The van der Waals surface area contributed by atoms with Crippen LogP contribution in [0.15, 0.2) is 134 Å². The molecule has 0 saturated heterocycles. The Bertz CT molecular complexity index is 2720. The number of nitrogens with zero attached hydrogens (tertiary/aromatic N) is 1. The number of aryl methyl sites for hydroxylation is 2. The molecule has 2 heterocycles. The third kappa shape index (κ3) is 4.84. The van der Waals surface area contributed by atoms with Gasteiger partial charge < -0.3 is 10.3 Å². The summed E-state index contributed by atoms with van der Waals surface area (Å²) in [6.07, 6.45) is 25.5. The van der Waals surface area contributed by atoms with Crippen molar-refractivity contribution in [2.45, 2.75) is 64.2 Å². The number of fused-ring (bicyclic) bond motifs is 11. The van der Waals surface area contributed by atoms with Crippen molar-refractivity contribution >= 4 is 49.7 Å². The normalized spacial score (nSPS) is 19.0. The van der Waals surface area contributed by atoms with E-state index in [4.69, 9.17) is 5.73 Å². The summed E-state index contributed by atoms with van der Waals surface area (Å²) in [7, 11) is 0. The van der Waals surface area contributed by atoms with Crippen molar-refractivity contribution in [3.05, 3.63) is 178 Å². The van der Waals surface area contributed by atoms with Crippen LogP contribution in [-0.2, 0) is 24.7 Å². The van der Waals surface area contributed by atoms with E-state index in [2.05, 4.69) is 153 Å². The van der Waals surface area contributed by atoms with Crippen LogP contribution in [0.25, 0.3) is 49.5 Å². The summed E-state index contributed by atoms with van der Waals surface area (Å²) in [5.41, 5.74) is 25.2. The van der Waals surface area contributed by atoms with Gasteiger partial charge in [0.15, 0.2) is 0 Å². The van der Waals surface area contributed by atoms with E-state index in [1.54, 1.807) is 0 Å². The molecule has 266 valence electrons. The lowest BCUT2D eigenvalue weighted by atomic mass is 9.69. The molecule has 0 aliphatic heterocycles. The highest BCUT2D eigenvalue weighted by Crippen LogP contribution is 2.55. The maximum absolute atomic E-state index is 7.08. The van der Waals surface area contributed by atoms with E-state index in [1.165, 1.54) is 87.5 Å². The number of benzene rings is 4. The smallest absolute Gasteiger partial charge is 0.0611 e. The van der Waals surface area contributed by atoms with Crippen LogP contribution in [0.4, 0.5) is 5.69 Å². The number of aromatic nitrogens is 1. The molecule has 2 N–H and O–H groups in total. The fraction of sp³-hybridized carbons (Fsp3) is 0.216. The Labute approximate surface area is 323 Å². The molecule has 0 saturated carbocycles. The molecule has 2 nitrogen and oxygen atoms in total. The molecule has 4 aliphatic carbocycles. The van der Waals surface area contributed by atoms with Crippen molar-refractivity contribution in [1.82, 2.24) is 4.57 Å². The fourth-order valence-corrected chi connectivity index (χ4v) is 11.4. The average Bonchev–Trinajstić information content (AvgIpc) is 3.79. The minimum atomic E-state index is -0.127. The Kier molecular flexibility index (Phi) is 7.75.